The SMILES string of the molecule is COc1cc2c(cc1OC)CN(C(=O)CNC(=O)Cc1ccc(C)cc1)CC2. The van der Waals surface area contributed by atoms with Crippen molar-refractivity contribution in [2.75, 3.05) is 27.3 Å². The molecule has 6 heteroatoms. The smallest absolute Gasteiger partial charge is 0.242 e. The lowest BCUT2D eigenvalue weighted by molar-refractivity contribution is -0.133. The summed E-state index contributed by atoms with van der Waals surface area (Å²) in [5.74, 6) is 1.12. The topological polar surface area (TPSA) is 67.9 Å². The molecule has 0 unspecified atom stereocenters. The van der Waals surface area contributed by atoms with Crippen molar-refractivity contribution in [1.29, 1.82) is 0 Å². The molecular formula is C22H26N2O4. The van der Waals surface area contributed by atoms with Crippen molar-refractivity contribution in [1.82, 2.24) is 10.2 Å². The Labute approximate surface area is 165 Å². The summed E-state index contributed by atoms with van der Waals surface area (Å²) in [5, 5.41) is 2.73. The molecule has 0 bridgehead atoms. The van der Waals surface area contributed by atoms with E-state index in [9.17, 15) is 9.59 Å². The Morgan fingerprint density at radius 3 is 2.32 bits per heavy atom. The van der Waals surface area contributed by atoms with Crippen LogP contribution in [0.2, 0.25) is 0 Å². The lowest BCUT2D eigenvalue weighted by Gasteiger charge is -2.29. The third kappa shape index (κ3) is 4.63. The van der Waals surface area contributed by atoms with Crippen LogP contribution in [0.1, 0.15) is 22.3 Å². The number of carbonyl (C=O) groups is 2. The molecular weight excluding hydrogens is 356 g/mol. The molecule has 2 aromatic rings. The quantitative estimate of drug-likeness (QED) is 0.832. The summed E-state index contributed by atoms with van der Waals surface area (Å²) in [6.07, 6.45) is 1.02. The van der Waals surface area contributed by atoms with Crippen LogP contribution in [-0.2, 0) is 29.0 Å². The zero-order valence-corrected chi connectivity index (χ0v) is 16.6. The standard InChI is InChI=1S/C22H26N2O4/c1-15-4-6-16(7-5-15)10-21(25)23-13-22(26)24-9-8-17-11-19(27-2)20(28-3)12-18(17)14-24/h4-7,11-12H,8-10,13-14H2,1-3H3,(H,23,25). The second kappa shape index (κ2) is 8.78. The van der Waals surface area contributed by atoms with Crippen LogP contribution in [-0.4, -0.2) is 44.0 Å². The van der Waals surface area contributed by atoms with Gasteiger partial charge in [-0.15, -0.1) is 0 Å². The minimum Gasteiger partial charge on any atom is -0.493 e. The number of ether oxygens (including phenoxy) is 2. The van der Waals surface area contributed by atoms with E-state index in [-0.39, 0.29) is 24.8 Å². The Bertz CT molecular complexity index is 862. The van der Waals surface area contributed by atoms with Gasteiger partial charge in [0.1, 0.15) is 0 Å². The summed E-state index contributed by atoms with van der Waals surface area (Å²) in [6, 6.07) is 11.7. The van der Waals surface area contributed by atoms with Gasteiger partial charge < -0.3 is 19.7 Å². The third-order valence-electron chi connectivity index (χ3n) is 4.99. The number of hydrogen-bond donors (Lipinski definition) is 1. The van der Waals surface area contributed by atoms with Gasteiger partial charge in [-0.3, -0.25) is 9.59 Å². The zero-order chi connectivity index (χ0) is 20.1. The number of amides is 2. The van der Waals surface area contributed by atoms with Crippen LogP contribution in [0.4, 0.5) is 0 Å². The van der Waals surface area contributed by atoms with E-state index < -0.39 is 0 Å². The van der Waals surface area contributed by atoms with Gasteiger partial charge in [0, 0.05) is 13.1 Å². The summed E-state index contributed by atoms with van der Waals surface area (Å²) in [6.45, 7) is 3.13. The normalized spacial score (nSPS) is 12.9. The van der Waals surface area contributed by atoms with Crippen LogP contribution in [0.3, 0.4) is 0 Å². The van der Waals surface area contributed by atoms with Gasteiger partial charge in [-0.2, -0.15) is 0 Å². The van der Waals surface area contributed by atoms with E-state index in [0.29, 0.717) is 24.6 Å². The average molecular weight is 382 g/mol. The Balaban J connectivity index is 1.55. The van der Waals surface area contributed by atoms with Crippen molar-refractivity contribution >= 4 is 11.8 Å². The highest BCUT2D eigenvalue weighted by molar-refractivity contribution is 5.85. The van der Waals surface area contributed by atoms with E-state index in [2.05, 4.69) is 5.32 Å². The van der Waals surface area contributed by atoms with E-state index in [0.717, 1.165) is 28.7 Å². The largest absolute Gasteiger partial charge is 0.493 e. The van der Waals surface area contributed by atoms with Crippen molar-refractivity contribution in [3.8, 4) is 11.5 Å². The molecule has 0 aliphatic carbocycles. The Morgan fingerprint density at radius 1 is 1.04 bits per heavy atom. The fourth-order valence-electron chi connectivity index (χ4n) is 3.34. The number of aryl methyl sites for hydroxylation is 1. The number of fused-ring (bicyclic) bond motifs is 1. The maximum atomic E-state index is 12.5. The Morgan fingerprint density at radius 2 is 1.68 bits per heavy atom. The predicted octanol–water partition coefficient (Wildman–Crippen LogP) is 2.26. The van der Waals surface area contributed by atoms with Crippen LogP contribution in [0.5, 0.6) is 11.5 Å². The molecule has 1 N–H and O–H groups in total. The van der Waals surface area contributed by atoms with Gasteiger partial charge in [-0.1, -0.05) is 29.8 Å². The summed E-state index contributed by atoms with van der Waals surface area (Å²) in [7, 11) is 3.21. The summed E-state index contributed by atoms with van der Waals surface area (Å²) < 4.78 is 10.7. The lowest BCUT2D eigenvalue weighted by Crippen LogP contribution is -2.42. The monoisotopic (exact) mass is 382 g/mol. The number of nitrogens with zero attached hydrogens (tertiary/aromatic N) is 1. The zero-order valence-electron chi connectivity index (χ0n) is 16.6. The number of rotatable bonds is 6. The first-order valence-electron chi connectivity index (χ1n) is 9.34. The van der Waals surface area contributed by atoms with Gasteiger partial charge >= 0.3 is 0 Å². The molecule has 0 atom stereocenters. The van der Waals surface area contributed by atoms with Gasteiger partial charge in [0.25, 0.3) is 0 Å². The van der Waals surface area contributed by atoms with E-state index in [1.165, 1.54) is 0 Å². The van der Waals surface area contributed by atoms with E-state index >= 15 is 0 Å². The van der Waals surface area contributed by atoms with Crippen LogP contribution >= 0.6 is 0 Å². The highest BCUT2D eigenvalue weighted by atomic mass is 16.5. The van der Waals surface area contributed by atoms with Gasteiger partial charge in [0.2, 0.25) is 11.8 Å². The van der Waals surface area contributed by atoms with Crippen molar-refractivity contribution < 1.29 is 19.1 Å². The van der Waals surface area contributed by atoms with Gasteiger partial charge in [-0.05, 0) is 42.2 Å². The van der Waals surface area contributed by atoms with Crippen LogP contribution in [0.15, 0.2) is 36.4 Å². The van der Waals surface area contributed by atoms with Crippen LogP contribution in [0, 0.1) is 6.92 Å². The van der Waals surface area contributed by atoms with Crippen molar-refractivity contribution in [2.45, 2.75) is 26.3 Å². The fraction of sp³-hybridized carbons (Fsp3) is 0.364. The predicted molar refractivity (Wildman–Crippen MR) is 107 cm³/mol. The molecule has 0 radical (unpaired) electrons. The van der Waals surface area contributed by atoms with Crippen molar-refractivity contribution in [3.63, 3.8) is 0 Å². The summed E-state index contributed by atoms with van der Waals surface area (Å²) >= 11 is 0. The van der Waals surface area contributed by atoms with Gasteiger partial charge in [-0.25, -0.2) is 0 Å². The summed E-state index contributed by atoms with van der Waals surface area (Å²) in [4.78, 5) is 26.4. The molecule has 1 aliphatic heterocycles. The Kier molecular flexibility index (Phi) is 6.19. The minimum absolute atomic E-state index is 0.00726. The fourth-order valence-corrected chi connectivity index (χ4v) is 3.34. The lowest BCUT2D eigenvalue weighted by atomic mass is 9.98. The number of benzene rings is 2. The maximum absolute atomic E-state index is 12.5. The number of carbonyl (C=O) groups excluding carboxylic acids is 2. The van der Waals surface area contributed by atoms with E-state index in [4.69, 9.17) is 9.47 Å². The molecule has 6 nitrogen and oxygen atoms in total. The number of nitrogens with one attached hydrogen (secondary N) is 1. The third-order valence-corrected chi connectivity index (χ3v) is 4.99. The number of methoxy groups -OCH3 is 2. The van der Waals surface area contributed by atoms with Gasteiger partial charge in [0.15, 0.2) is 11.5 Å². The molecule has 2 amide bonds. The van der Waals surface area contributed by atoms with Crippen LogP contribution < -0.4 is 14.8 Å². The average Bonchev–Trinajstić information content (AvgIpc) is 2.72. The minimum atomic E-state index is -0.152. The highest BCUT2D eigenvalue weighted by Gasteiger charge is 2.23. The first-order valence-corrected chi connectivity index (χ1v) is 9.34. The molecule has 2 aromatic carbocycles. The van der Waals surface area contributed by atoms with E-state index in [1.807, 2.05) is 43.3 Å². The molecule has 0 saturated carbocycles. The van der Waals surface area contributed by atoms with Gasteiger partial charge in [0.05, 0.1) is 27.2 Å². The molecule has 28 heavy (non-hydrogen) atoms. The van der Waals surface area contributed by atoms with E-state index in [1.54, 1.807) is 19.1 Å². The molecule has 0 saturated heterocycles. The second-order valence-corrected chi connectivity index (χ2v) is 6.98. The molecule has 0 spiro atoms. The highest BCUT2D eigenvalue weighted by Crippen LogP contribution is 2.33. The molecule has 1 aliphatic rings. The first-order chi connectivity index (χ1) is 13.5. The molecule has 148 valence electrons. The molecule has 0 fully saturated rings. The van der Waals surface area contributed by atoms with Crippen molar-refractivity contribution in [2.24, 2.45) is 0 Å². The van der Waals surface area contributed by atoms with Crippen molar-refractivity contribution in [3.05, 3.63) is 58.7 Å². The molecule has 0 aromatic heterocycles. The second-order valence-electron chi connectivity index (χ2n) is 6.98. The molecule has 1 heterocycles. The first kappa shape index (κ1) is 19.7. The molecule has 3 rings (SSSR count). The summed E-state index contributed by atoms with van der Waals surface area (Å²) in [5.41, 5.74) is 4.29. The van der Waals surface area contributed by atoms with Crippen LogP contribution in [0.25, 0.3) is 0 Å². The Hall–Kier alpha value is -3.02. The number of hydrogen-bond acceptors (Lipinski definition) is 4. The maximum Gasteiger partial charge on any atom is 0.242 e.